The molecule has 1 aliphatic rings. The van der Waals surface area contributed by atoms with E-state index in [-0.39, 0.29) is 5.91 Å². The Kier molecular flexibility index (Phi) is 4.29. The first-order valence-corrected chi connectivity index (χ1v) is 7.13. The Hall–Kier alpha value is -3.21. The van der Waals surface area contributed by atoms with Gasteiger partial charge in [0, 0.05) is 23.7 Å². The Bertz CT molecular complexity index is 795. The molecule has 1 aliphatic heterocycles. The van der Waals surface area contributed by atoms with Crippen LogP contribution in [0.3, 0.4) is 0 Å². The number of allylic oxidation sites excluding steroid dienone is 1. The summed E-state index contributed by atoms with van der Waals surface area (Å²) in [6.07, 6.45) is 4.50. The molecule has 5 heteroatoms. The van der Waals surface area contributed by atoms with Crippen LogP contribution in [0.25, 0.3) is 5.57 Å². The van der Waals surface area contributed by atoms with Gasteiger partial charge in [0.2, 0.25) is 5.91 Å². The van der Waals surface area contributed by atoms with Gasteiger partial charge in [-0.25, -0.2) is 4.99 Å². The SMILES string of the molecule is N=C/C(=C\N=COc1ccccc1)c1ccc2c(c1)NC(=O)C2. The summed E-state index contributed by atoms with van der Waals surface area (Å²) in [5, 5.41) is 10.3. The molecule has 0 fully saturated rings. The number of benzene rings is 2. The monoisotopic (exact) mass is 305 g/mol. The molecule has 5 nitrogen and oxygen atoms in total. The van der Waals surface area contributed by atoms with Crippen molar-refractivity contribution in [3.63, 3.8) is 0 Å². The maximum atomic E-state index is 11.4. The molecule has 0 bridgehead atoms. The lowest BCUT2D eigenvalue weighted by Gasteiger charge is -2.04. The highest BCUT2D eigenvalue weighted by atomic mass is 16.5. The number of carbonyl (C=O) groups excluding carboxylic acids is 1. The molecule has 0 saturated carbocycles. The van der Waals surface area contributed by atoms with E-state index < -0.39 is 0 Å². The van der Waals surface area contributed by atoms with Gasteiger partial charge in [-0.15, -0.1) is 0 Å². The summed E-state index contributed by atoms with van der Waals surface area (Å²) in [6.45, 7) is 0. The first-order valence-electron chi connectivity index (χ1n) is 7.13. The van der Waals surface area contributed by atoms with E-state index in [2.05, 4.69) is 10.3 Å². The zero-order chi connectivity index (χ0) is 16.1. The highest BCUT2D eigenvalue weighted by molar-refractivity contribution is 6.09. The van der Waals surface area contributed by atoms with Crippen molar-refractivity contribution in [2.24, 2.45) is 4.99 Å². The summed E-state index contributed by atoms with van der Waals surface area (Å²) in [6, 6.07) is 14.9. The second-order valence-corrected chi connectivity index (χ2v) is 5.01. The van der Waals surface area contributed by atoms with Crippen LogP contribution in [0.5, 0.6) is 5.75 Å². The molecule has 0 saturated heterocycles. The molecule has 0 radical (unpaired) electrons. The van der Waals surface area contributed by atoms with E-state index in [4.69, 9.17) is 10.1 Å². The third-order valence-corrected chi connectivity index (χ3v) is 3.43. The number of amides is 1. The van der Waals surface area contributed by atoms with E-state index in [1.165, 1.54) is 12.6 Å². The van der Waals surface area contributed by atoms with Gasteiger partial charge >= 0.3 is 0 Å². The molecule has 0 aliphatic carbocycles. The molecule has 3 rings (SSSR count). The van der Waals surface area contributed by atoms with E-state index in [9.17, 15) is 4.79 Å². The summed E-state index contributed by atoms with van der Waals surface area (Å²) in [7, 11) is 0. The topological polar surface area (TPSA) is 74.5 Å². The Labute approximate surface area is 133 Å². The number of para-hydroxylation sites is 1. The molecule has 0 atom stereocenters. The van der Waals surface area contributed by atoms with E-state index >= 15 is 0 Å². The molecular formula is C18H15N3O2. The average Bonchev–Trinajstić information content (AvgIpc) is 2.95. The van der Waals surface area contributed by atoms with Crippen LogP contribution in [0, 0.1) is 5.41 Å². The van der Waals surface area contributed by atoms with Crippen molar-refractivity contribution < 1.29 is 9.53 Å². The standard InChI is InChI=1S/C18H15N3O2/c19-10-15(11-20-12-23-16-4-2-1-3-5-16)13-6-7-14-9-18(22)21-17(14)8-13/h1-8,10-12,19H,9H2,(H,21,22)/b15-11+,19-10?,20-12?. The predicted octanol–water partition coefficient (Wildman–Crippen LogP) is 3.28. The number of carbonyl (C=O) groups is 1. The Morgan fingerprint density at radius 2 is 2.04 bits per heavy atom. The van der Waals surface area contributed by atoms with Crippen molar-refractivity contribution in [2.75, 3.05) is 5.32 Å². The van der Waals surface area contributed by atoms with Gasteiger partial charge in [-0.1, -0.05) is 30.3 Å². The van der Waals surface area contributed by atoms with Gasteiger partial charge in [0.25, 0.3) is 0 Å². The molecule has 23 heavy (non-hydrogen) atoms. The van der Waals surface area contributed by atoms with Crippen molar-refractivity contribution in [2.45, 2.75) is 6.42 Å². The minimum atomic E-state index is -0.00758. The van der Waals surface area contributed by atoms with E-state index in [1.54, 1.807) is 6.20 Å². The fourth-order valence-corrected chi connectivity index (χ4v) is 2.29. The van der Waals surface area contributed by atoms with Gasteiger partial charge in [-0.2, -0.15) is 0 Å². The highest BCUT2D eigenvalue weighted by Gasteiger charge is 2.17. The molecular weight excluding hydrogens is 290 g/mol. The number of aliphatic imine (C=N–C) groups is 1. The molecule has 2 N–H and O–H groups in total. The third kappa shape index (κ3) is 3.52. The Morgan fingerprint density at radius 3 is 2.83 bits per heavy atom. The predicted molar refractivity (Wildman–Crippen MR) is 91.1 cm³/mol. The number of hydrogen-bond donors (Lipinski definition) is 2. The van der Waals surface area contributed by atoms with Crippen LogP contribution in [0.1, 0.15) is 11.1 Å². The lowest BCUT2D eigenvalue weighted by Crippen LogP contribution is -2.03. The zero-order valence-corrected chi connectivity index (χ0v) is 12.3. The van der Waals surface area contributed by atoms with Crippen molar-refractivity contribution >= 4 is 29.8 Å². The third-order valence-electron chi connectivity index (χ3n) is 3.43. The molecule has 0 unspecified atom stereocenters. The van der Waals surface area contributed by atoms with Crippen molar-refractivity contribution in [3.8, 4) is 5.75 Å². The maximum Gasteiger partial charge on any atom is 0.228 e. The lowest BCUT2D eigenvalue weighted by atomic mass is 10.0. The average molecular weight is 305 g/mol. The van der Waals surface area contributed by atoms with Crippen LogP contribution < -0.4 is 10.1 Å². The van der Waals surface area contributed by atoms with E-state index in [1.807, 2.05) is 48.5 Å². The van der Waals surface area contributed by atoms with Crippen molar-refractivity contribution in [1.82, 2.24) is 0 Å². The maximum absolute atomic E-state index is 11.4. The van der Waals surface area contributed by atoms with Crippen LogP contribution in [0.2, 0.25) is 0 Å². The minimum absolute atomic E-state index is 0.00758. The van der Waals surface area contributed by atoms with Gasteiger partial charge in [-0.05, 0) is 29.3 Å². The van der Waals surface area contributed by atoms with Crippen LogP contribution in [0.4, 0.5) is 5.69 Å². The molecule has 0 aromatic heterocycles. The highest BCUT2D eigenvalue weighted by Crippen LogP contribution is 2.26. The fraction of sp³-hybridized carbons (Fsp3) is 0.0556. The fourth-order valence-electron chi connectivity index (χ4n) is 2.29. The summed E-state index contributed by atoms with van der Waals surface area (Å²) in [5.41, 5.74) is 3.21. The van der Waals surface area contributed by atoms with Crippen molar-refractivity contribution in [3.05, 3.63) is 65.9 Å². The second-order valence-electron chi connectivity index (χ2n) is 5.01. The largest absolute Gasteiger partial charge is 0.446 e. The number of hydrogen-bond acceptors (Lipinski definition) is 4. The first-order chi connectivity index (χ1) is 11.3. The normalized spacial score (nSPS) is 13.7. The Balaban J connectivity index is 1.73. The summed E-state index contributed by atoms with van der Waals surface area (Å²) < 4.78 is 5.36. The van der Waals surface area contributed by atoms with Crippen molar-refractivity contribution in [1.29, 1.82) is 5.41 Å². The number of ether oxygens (including phenoxy) is 1. The van der Waals surface area contributed by atoms with Gasteiger partial charge < -0.3 is 15.5 Å². The van der Waals surface area contributed by atoms with Crippen LogP contribution in [-0.2, 0) is 11.2 Å². The number of nitrogens with one attached hydrogen (secondary N) is 2. The first kappa shape index (κ1) is 14.7. The molecule has 2 aromatic rings. The van der Waals surface area contributed by atoms with Gasteiger partial charge in [0.15, 0.2) is 6.40 Å². The van der Waals surface area contributed by atoms with E-state index in [0.717, 1.165) is 16.8 Å². The minimum Gasteiger partial charge on any atom is -0.446 e. The van der Waals surface area contributed by atoms with Crippen LogP contribution in [0.15, 0.2) is 59.7 Å². The number of anilines is 1. The smallest absolute Gasteiger partial charge is 0.228 e. The van der Waals surface area contributed by atoms with E-state index in [0.29, 0.717) is 17.7 Å². The molecule has 2 aromatic carbocycles. The van der Waals surface area contributed by atoms with Crippen LogP contribution in [-0.4, -0.2) is 18.5 Å². The van der Waals surface area contributed by atoms with Crippen LogP contribution >= 0.6 is 0 Å². The molecule has 114 valence electrons. The molecule has 1 amide bonds. The summed E-state index contributed by atoms with van der Waals surface area (Å²) >= 11 is 0. The number of rotatable bonds is 5. The summed E-state index contributed by atoms with van der Waals surface area (Å²) in [4.78, 5) is 15.5. The van der Waals surface area contributed by atoms with Gasteiger partial charge in [-0.3, -0.25) is 4.79 Å². The molecule has 1 heterocycles. The van der Waals surface area contributed by atoms with Gasteiger partial charge in [0.05, 0.1) is 6.42 Å². The molecule has 0 spiro atoms. The summed E-state index contributed by atoms with van der Waals surface area (Å²) in [5.74, 6) is 0.688. The number of nitrogens with zero attached hydrogens (tertiary/aromatic N) is 1. The quantitative estimate of drug-likeness (QED) is 0.657. The lowest BCUT2D eigenvalue weighted by molar-refractivity contribution is -0.115. The second kappa shape index (κ2) is 6.70. The number of fused-ring (bicyclic) bond motifs is 1. The zero-order valence-electron chi connectivity index (χ0n) is 12.3. The Morgan fingerprint density at radius 1 is 1.22 bits per heavy atom. The van der Waals surface area contributed by atoms with Gasteiger partial charge in [0.1, 0.15) is 5.75 Å².